The average Bonchev–Trinajstić information content (AvgIpc) is 2.06. The van der Waals surface area contributed by atoms with Crippen LogP contribution in [0.5, 0.6) is 0 Å². The minimum Gasteiger partial charge on any atom is -0.396 e. The molecule has 0 aliphatic carbocycles. The summed E-state index contributed by atoms with van der Waals surface area (Å²) in [6.07, 6.45) is 0.290. The summed E-state index contributed by atoms with van der Waals surface area (Å²) in [6.45, 7) is 5.21. The Kier molecular flexibility index (Phi) is 7.17. The number of aliphatic hydroxyl groups excluding tert-OH is 1. The topological polar surface area (TPSA) is 47.9 Å². The SMILES string of the molecule is [CH]COC(CCO)(CO[CH])CO[CH]. The van der Waals surface area contributed by atoms with Crippen LogP contribution in [-0.4, -0.2) is 37.1 Å². The first-order valence-electron chi connectivity index (χ1n) is 3.83. The van der Waals surface area contributed by atoms with Crippen LogP contribution in [0.4, 0.5) is 0 Å². The molecule has 74 valence electrons. The first kappa shape index (κ1) is 12.8. The molecule has 6 radical (unpaired) electrons. The Morgan fingerprint density at radius 1 is 1.15 bits per heavy atom. The summed E-state index contributed by atoms with van der Waals surface area (Å²) in [4.78, 5) is 0. The first-order chi connectivity index (χ1) is 6.24. The highest BCUT2D eigenvalue weighted by atomic mass is 16.6. The highest BCUT2D eigenvalue weighted by Gasteiger charge is 2.30. The summed E-state index contributed by atoms with van der Waals surface area (Å²) in [5.74, 6) is 0. The Morgan fingerprint density at radius 3 is 2.00 bits per heavy atom. The van der Waals surface area contributed by atoms with Crippen LogP contribution in [0.1, 0.15) is 6.42 Å². The van der Waals surface area contributed by atoms with Crippen molar-refractivity contribution in [2.75, 3.05) is 26.4 Å². The van der Waals surface area contributed by atoms with Crippen molar-refractivity contribution in [3.63, 3.8) is 0 Å². The van der Waals surface area contributed by atoms with Gasteiger partial charge in [0.15, 0.2) is 0 Å². The molecule has 0 saturated heterocycles. The average molecular weight is 186 g/mol. The van der Waals surface area contributed by atoms with E-state index in [-0.39, 0.29) is 26.4 Å². The van der Waals surface area contributed by atoms with Crippen LogP contribution in [0.25, 0.3) is 0 Å². The highest BCUT2D eigenvalue weighted by Crippen LogP contribution is 2.17. The van der Waals surface area contributed by atoms with E-state index < -0.39 is 5.60 Å². The highest BCUT2D eigenvalue weighted by molar-refractivity contribution is 4.81. The van der Waals surface area contributed by atoms with Crippen LogP contribution in [0, 0.1) is 21.1 Å². The van der Waals surface area contributed by atoms with Crippen molar-refractivity contribution in [2.24, 2.45) is 0 Å². The van der Waals surface area contributed by atoms with E-state index in [0.29, 0.717) is 6.42 Å². The smallest absolute Gasteiger partial charge is 0.117 e. The standard InChI is InChI=1S/C9H14O4/c1-4-13-9(5-6-10,7-11-2)8-12-3/h1-3,10H,4-8H2. The third-order valence-electron chi connectivity index (χ3n) is 1.65. The molecule has 1 N–H and O–H groups in total. The molecule has 0 aliphatic heterocycles. The van der Waals surface area contributed by atoms with Gasteiger partial charge in [-0.2, -0.15) is 0 Å². The van der Waals surface area contributed by atoms with Gasteiger partial charge < -0.3 is 19.3 Å². The van der Waals surface area contributed by atoms with Crippen LogP contribution in [0.2, 0.25) is 0 Å². The van der Waals surface area contributed by atoms with Crippen molar-refractivity contribution in [1.29, 1.82) is 0 Å². The molecule has 0 aromatic heterocycles. The Morgan fingerprint density at radius 2 is 1.69 bits per heavy atom. The minimum absolute atomic E-state index is 0.0211. The van der Waals surface area contributed by atoms with Gasteiger partial charge in [-0.1, -0.05) is 0 Å². The Labute approximate surface area is 79.8 Å². The van der Waals surface area contributed by atoms with Gasteiger partial charge in [0.05, 0.1) is 19.8 Å². The van der Waals surface area contributed by atoms with Gasteiger partial charge in [-0.05, 0) is 6.92 Å². The van der Waals surface area contributed by atoms with E-state index in [1.54, 1.807) is 0 Å². The van der Waals surface area contributed by atoms with Gasteiger partial charge in [-0.25, -0.2) is 0 Å². The lowest BCUT2D eigenvalue weighted by molar-refractivity contribution is -0.116. The molecule has 4 heteroatoms. The van der Waals surface area contributed by atoms with Crippen LogP contribution >= 0.6 is 0 Å². The Balaban J connectivity index is 4.19. The lowest BCUT2D eigenvalue weighted by Crippen LogP contribution is -2.42. The largest absolute Gasteiger partial charge is 0.396 e. The van der Waals surface area contributed by atoms with Crippen molar-refractivity contribution < 1.29 is 19.3 Å². The number of hydrogen-bond donors (Lipinski definition) is 1. The Bertz CT molecular complexity index is 86.7. The lowest BCUT2D eigenvalue weighted by atomic mass is 10.0. The third kappa shape index (κ3) is 4.57. The summed E-state index contributed by atoms with van der Waals surface area (Å²) in [6, 6.07) is 0. The van der Waals surface area contributed by atoms with E-state index in [1.807, 2.05) is 0 Å². The van der Waals surface area contributed by atoms with Crippen LogP contribution in [-0.2, 0) is 14.2 Å². The molecule has 0 heterocycles. The number of hydrogen-bond acceptors (Lipinski definition) is 4. The molecule has 0 aliphatic rings. The second-order valence-corrected chi connectivity index (χ2v) is 2.59. The van der Waals surface area contributed by atoms with Crippen molar-refractivity contribution in [3.8, 4) is 0 Å². The van der Waals surface area contributed by atoms with Gasteiger partial charge in [0.2, 0.25) is 0 Å². The molecule has 0 amide bonds. The maximum atomic E-state index is 8.77. The molecule has 0 fully saturated rings. The summed E-state index contributed by atoms with van der Waals surface area (Å²) in [5, 5.41) is 8.77. The summed E-state index contributed by atoms with van der Waals surface area (Å²) >= 11 is 0. The molecule has 0 unspecified atom stereocenters. The lowest BCUT2D eigenvalue weighted by Gasteiger charge is -2.31. The minimum atomic E-state index is -0.868. The zero-order valence-electron chi connectivity index (χ0n) is 7.44. The molecule has 0 rings (SSSR count). The number of aliphatic hydroxyl groups is 1. The Hall–Kier alpha value is -0.160. The fraction of sp³-hybridized carbons (Fsp3) is 0.667. The fourth-order valence-electron chi connectivity index (χ4n) is 1.03. The van der Waals surface area contributed by atoms with Crippen molar-refractivity contribution >= 4 is 0 Å². The van der Waals surface area contributed by atoms with Gasteiger partial charge in [0.1, 0.15) is 19.8 Å². The van der Waals surface area contributed by atoms with E-state index in [0.717, 1.165) is 0 Å². The summed E-state index contributed by atoms with van der Waals surface area (Å²) in [7, 11) is 9.81. The van der Waals surface area contributed by atoms with Gasteiger partial charge in [-0.15, -0.1) is 0 Å². The first-order valence-corrected chi connectivity index (χ1v) is 3.83. The van der Waals surface area contributed by atoms with Gasteiger partial charge >= 0.3 is 0 Å². The molecule has 0 spiro atoms. The number of ether oxygens (including phenoxy) is 3. The van der Waals surface area contributed by atoms with E-state index >= 15 is 0 Å². The molecular weight excluding hydrogens is 172 g/mol. The molecule has 0 saturated carbocycles. The predicted molar refractivity (Wildman–Crippen MR) is 45.2 cm³/mol. The van der Waals surface area contributed by atoms with Crippen LogP contribution in [0.15, 0.2) is 0 Å². The predicted octanol–water partition coefficient (Wildman–Crippen LogP) is 0.206. The normalized spacial score (nSPS) is 12.0. The third-order valence-corrected chi connectivity index (χ3v) is 1.65. The van der Waals surface area contributed by atoms with E-state index in [4.69, 9.17) is 31.0 Å². The summed E-state index contributed by atoms with van der Waals surface area (Å²) in [5.41, 5.74) is -0.868. The van der Waals surface area contributed by atoms with Crippen molar-refractivity contribution in [1.82, 2.24) is 0 Å². The van der Waals surface area contributed by atoms with Gasteiger partial charge in [0.25, 0.3) is 0 Å². The van der Waals surface area contributed by atoms with Crippen molar-refractivity contribution in [2.45, 2.75) is 12.0 Å². The molecule has 0 aromatic rings. The van der Waals surface area contributed by atoms with Gasteiger partial charge in [-0.3, -0.25) is 0 Å². The zero-order valence-corrected chi connectivity index (χ0v) is 7.44. The van der Waals surface area contributed by atoms with Gasteiger partial charge in [0, 0.05) is 13.0 Å². The van der Waals surface area contributed by atoms with E-state index in [9.17, 15) is 0 Å². The number of rotatable bonds is 8. The van der Waals surface area contributed by atoms with E-state index in [2.05, 4.69) is 9.47 Å². The molecule has 0 aromatic carbocycles. The summed E-state index contributed by atoms with van der Waals surface area (Å²) < 4.78 is 14.0. The second kappa shape index (κ2) is 7.26. The van der Waals surface area contributed by atoms with Crippen molar-refractivity contribution in [3.05, 3.63) is 21.1 Å². The van der Waals surface area contributed by atoms with Crippen LogP contribution in [0.3, 0.4) is 0 Å². The van der Waals surface area contributed by atoms with Crippen LogP contribution < -0.4 is 0 Å². The van der Waals surface area contributed by atoms with E-state index in [1.165, 1.54) is 0 Å². The molecule has 0 atom stereocenters. The molecule has 0 bridgehead atoms. The quantitative estimate of drug-likeness (QED) is 0.588. The monoisotopic (exact) mass is 186 g/mol. The molecule has 4 nitrogen and oxygen atoms in total. The maximum Gasteiger partial charge on any atom is 0.117 e. The molecular formula is C9H14O4. The fourth-order valence-corrected chi connectivity index (χ4v) is 1.03. The maximum absolute atomic E-state index is 8.77. The molecule has 13 heavy (non-hydrogen) atoms. The second-order valence-electron chi connectivity index (χ2n) is 2.59. The zero-order chi connectivity index (χ0) is 10.2.